The van der Waals surface area contributed by atoms with Gasteiger partial charge in [-0.25, -0.2) is 0 Å². The van der Waals surface area contributed by atoms with Crippen LogP contribution in [0.5, 0.6) is 11.5 Å². The number of ether oxygens (including phenoxy) is 2. The molecule has 0 bridgehead atoms. The van der Waals surface area contributed by atoms with Crippen molar-refractivity contribution in [3.05, 3.63) is 35.5 Å². The zero-order chi connectivity index (χ0) is 11.0. The molecule has 0 radical (unpaired) electrons. The van der Waals surface area contributed by atoms with Gasteiger partial charge in [-0.3, -0.25) is 0 Å². The molecule has 1 atom stereocenters. The predicted octanol–water partition coefficient (Wildman–Crippen LogP) is 2.24. The normalized spacial score (nSPS) is 18.4. The number of para-hydroxylation sites is 2. The van der Waals surface area contributed by atoms with Crippen LogP contribution in [0.4, 0.5) is 0 Å². The largest absolute Gasteiger partial charge is 0.485 e. The summed E-state index contributed by atoms with van der Waals surface area (Å²) in [4.78, 5) is 0. The quantitative estimate of drug-likeness (QED) is 0.763. The fourth-order valence-corrected chi connectivity index (χ4v) is 1.60. The van der Waals surface area contributed by atoms with Crippen molar-refractivity contribution < 1.29 is 13.9 Å². The molecular weight excluding hydrogens is 232 g/mol. The lowest BCUT2D eigenvalue weighted by Crippen LogP contribution is -2.21. The number of hydrogen-bond donors (Lipinski definition) is 0. The minimum absolute atomic E-state index is 0.00235. The van der Waals surface area contributed by atoms with Crippen molar-refractivity contribution in [1.82, 2.24) is 10.2 Å². The van der Waals surface area contributed by atoms with Crippen molar-refractivity contribution in [2.45, 2.75) is 6.10 Å². The molecule has 0 N–H and O–H groups in total. The third kappa shape index (κ3) is 1.59. The molecular formula is C10H7ClN2O3. The first-order valence-corrected chi connectivity index (χ1v) is 5.08. The maximum absolute atomic E-state index is 5.65. The van der Waals surface area contributed by atoms with Crippen LogP contribution in [0.2, 0.25) is 5.35 Å². The first-order valence-electron chi connectivity index (χ1n) is 4.70. The number of hydrogen-bond acceptors (Lipinski definition) is 5. The van der Waals surface area contributed by atoms with Crippen molar-refractivity contribution in [2.75, 3.05) is 6.61 Å². The Morgan fingerprint density at radius 3 is 2.75 bits per heavy atom. The highest BCUT2D eigenvalue weighted by Gasteiger charge is 2.26. The molecule has 1 aromatic carbocycles. The predicted molar refractivity (Wildman–Crippen MR) is 54.6 cm³/mol. The molecule has 16 heavy (non-hydrogen) atoms. The second kappa shape index (κ2) is 3.68. The first kappa shape index (κ1) is 9.47. The summed E-state index contributed by atoms with van der Waals surface area (Å²) in [6.07, 6.45) is -0.408. The third-order valence-corrected chi connectivity index (χ3v) is 2.35. The number of benzene rings is 1. The summed E-state index contributed by atoms with van der Waals surface area (Å²) >= 11 is 5.54. The summed E-state index contributed by atoms with van der Waals surface area (Å²) in [6, 6.07) is 7.41. The minimum atomic E-state index is -0.408. The van der Waals surface area contributed by atoms with Gasteiger partial charge < -0.3 is 13.9 Å². The van der Waals surface area contributed by atoms with Gasteiger partial charge in [0.05, 0.1) is 0 Å². The molecule has 6 heteroatoms. The topological polar surface area (TPSA) is 57.4 Å². The Hall–Kier alpha value is -1.75. The number of halogens is 1. The van der Waals surface area contributed by atoms with Gasteiger partial charge in [0.25, 0.3) is 5.89 Å². The van der Waals surface area contributed by atoms with E-state index < -0.39 is 6.10 Å². The van der Waals surface area contributed by atoms with Gasteiger partial charge in [-0.2, -0.15) is 0 Å². The summed E-state index contributed by atoms with van der Waals surface area (Å²) in [5.41, 5.74) is 0. The number of fused-ring (bicyclic) bond motifs is 1. The highest BCUT2D eigenvalue weighted by Crippen LogP contribution is 2.35. The molecule has 2 aromatic rings. The van der Waals surface area contributed by atoms with E-state index in [1.807, 2.05) is 24.3 Å². The van der Waals surface area contributed by atoms with Crippen LogP contribution in [0.3, 0.4) is 0 Å². The van der Waals surface area contributed by atoms with E-state index in [0.717, 1.165) is 0 Å². The zero-order valence-electron chi connectivity index (χ0n) is 8.09. The van der Waals surface area contributed by atoms with E-state index in [2.05, 4.69) is 10.2 Å². The van der Waals surface area contributed by atoms with Crippen LogP contribution in [0.25, 0.3) is 0 Å². The Morgan fingerprint density at radius 1 is 1.19 bits per heavy atom. The molecule has 1 aromatic heterocycles. The van der Waals surface area contributed by atoms with Crippen LogP contribution in [0, 0.1) is 0 Å². The molecule has 82 valence electrons. The highest BCUT2D eigenvalue weighted by molar-refractivity contribution is 6.27. The van der Waals surface area contributed by atoms with E-state index in [0.29, 0.717) is 24.0 Å². The zero-order valence-corrected chi connectivity index (χ0v) is 8.85. The summed E-state index contributed by atoms with van der Waals surface area (Å²) in [5, 5.41) is 7.32. The Bertz CT molecular complexity index is 514. The molecule has 5 nitrogen and oxygen atoms in total. The Morgan fingerprint density at radius 2 is 2.00 bits per heavy atom. The van der Waals surface area contributed by atoms with Crippen LogP contribution in [0.1, 0.15) is 12.0 Å². The summed E-state index contributed by atoms with van der Waals surface area (Å²) < 4.78 is 16.2. The van der Waals surface area contributed by atoms with E-state index in [9.17, 15) is 0 Å². The van der Waals surface area contributed by atoms with Gasteiger partial charge in [0.15, 0.2) is 11.5 Å². The maximum atomic E-state index is 5.65. The molecule has 0 fully saturated rings. The summed E-state index contributed by atoms with van der Waals surface area (Å²) in [5.74, 6) is 1.69. The van der Waals surface area contributed by atoms with E-state index in [1.54, 1.807) is 0 Å². The number of nitrogens with zero attached hydrogens (tertiary/aromatic N) is 2. The fraction of sp³-hybridized carbons (Fsp3) is 0.200. The van der Waals surface area contributed by atoms with Crippen molar-refractivity contribution >= 4 is 11.6 Å². The molecule has 1 unspecified atom stereocenters. The Kier molecular flexibility index (Phi) is 2.18. The average Bonchev–Trinajstić information content (AvgIpc) is 2.75. The second-order valence-electron chi connectivity index (χ2n) is 3.26. The van der Waals surface area contributed by atoms with Crippen molar-refractivity contribution in [3.8, 4) is 11.5 Å². The van der Waals surface area contributed by atoms with Gasteiger partial charge in [-0.1, -0.05) is 17.2 Å². The Labute approximate surface area is 95.9 Å². The van der Waals surface area contributed by atoms with Gasteiger partial charge in [0.1, 0.15) is 6.61 Å². The minimum Gasteiger partial charge on any atom is -0.485 e. The molecule has 1 aliphatic heterocycles. The van der Waals surface area contributed by atoms with E-state index >= 15 is 0 Å². The lowest BCUT2D eigenvalue weighted by Gasteiger charge is -2.23. The Balaban J connectivity index is 1.88. The van der Waals surface area contributed by atoms with Crippen LogP contribution in [0.15, 0.2) is 28.7 Å². The molecule has 0 saturated heterocycles. The SMILES string of the molecule is Clc1nnc(C2COc3ccccc3O2)o1. The number of rotatable bonds is 1. The highest BCUT2D eigenvalue weighted by atomic mass is 35.5. The van der Waals surface area contributed by atoms with Crippen LogP contribution in [-0.4, -0.2) is 16.8 Å². The number of aromatic nitrogens is 2. The molecule has 2 heterocycles. The van der Waals surface area contributed by atoms with Crippen molar-refractivity contribution in [3.63, 3.8) is 0 Å². The van der Waals surface area contributed by atoms with Crippen LogP contribution < -0.4 is 9.47 Å². The van der Waals surface area contributed by atoms with Crippen LogP contribution in [-0.2, 0) is 0 Å². The lowest BCUT2D eigenvalue weighted by molar-refractivity contribution is 0.0713. The molecule has 0 amide bonds. The summed E-state index contributed by atoms with van der Waals surface area (Å²) in [7, 11) is 0. The van der Waals surface area contributed by atoms with Crippen LogP contribution >= 0.6 is 11.6 Å². The second-order valence-corrected chi connectivity index (χ2v) is 3.58. The van der Waals surface area contributed by atoms with Gasteiger partial charge in [0.2, 0.25) is 6.10 Å². The smallest absolute Gasteiger partial charge is 0.312 e. The van der Waals surface area contributed by atoms with E-state index in [4.69, 9.17) is 25.5 Å². The molecule has 1 aliphatic rings. The van der Waals surface area contributed by atoms with Crippen molar-refractivity contribution in [1.29, 1.82) is 0 Å². The molecule has 3 rings (SSSR count). The standard InChI is InChI=1S/C10H7ClN2O3/c11-10-13-12-9(16-10)8-5-14-6-3-1-2-4-7(6)15-8/h1-4,8H,5H2. The van der Waals surface area contributed by atoms with Gasteiger partial charge in [-0.15, -0.1) is 5.10 Å². The molecule has 0 saturated carbocycles. The lowest BCUT2D eigenvalue weighted by atomic mass is 10.2. The third-order valence-electron chi connectivity index (χ3n) is 2.20. The van der Waals surface area contributed by atoms with Gasteiger partial charge in [-0.05, 0) is 23.7 Å². The maximum Gasteiger partial charge on any atom is 0.312 e. The van der Waals surface area contributed by atoms with E-state index in [-0.39, 0.29) is 5.35 Å². The monoisotopic (exact) mass is 238 g/mol. The molecule has 0 spiro atoms. The summed E-state index contributed by atoms with van der Waals surface area (Å²) in [6.45, 7) is 0.329. The van der Waals surface area contributed by atoms with Gasteiger partial charge in [0, 0.05) is 0 Å². The van der Waals surface area contributed by atoms with E-state index in [1.165, 1.54) is 0 Å². The fourth-order valence-electron chi connectivity index (χ4n) is 1.49. The molecule has 0 aliphatic carbocycles. The van der Waals surface area contributed by atoms with Crippen molar-refractivity contribution in [2.24, 2.45) is 0 Å². The average molecular weight is 239 g/mol. The van der Waals surface area contributed by atoms with Gasteiger partial charge >= 0.3 is 5.35 Å². The first-order chi connectivity index (χ1) is 7.83.